The van der Waals surface area contributed by atoms with Crippen molar-refractivity contribution in [2.24, 2.45) is 5.73 Å². The lowest BCUT2D eigenvalue weighted by Crippen LogP contribution is -2.41. The fourth-order valence-electron chi connectivity index (χ4n) is 5.47. The molecule has 0 amide bonds. The van der Waals surface area contributed by atoms with E-state index in [4.69, 9.17) is 29.4 Å². The summed E-state index contributed by atoms with van der Waals surface area (Å²) < 4.78 is 31.2. The van der Waals surface area contributed by atoms with Gasteiger partial charge in [-0.25, -0.2) is 4.79 Å². The van der Waals surface area contributed by atoms with E-state index >= 15 is 0 Å². The van der Waals surface area contributed by atoms with E-state index in [-0.39, 0.29) is 13.2 Å². The fourth-order valence-corrected chi connectivity index (χ4v) is 5.47. The lowest BCUT2D eigenvalue weighted by atomic mass is 9.80. The molecular formula is C33H37N3O8. The van der Waals surface area contributed by atoms with E-state index < -0.39 is 41.4 Å². The SMILES string of the molecule is COc1ccc(C(OC[C@H]2O[C@@H](n3ccc(=O)[nH]c3=O)[C@@H](OCCCN)C2O)(c2ccccc2)c2ccc(OC)cc2)cc1. The molecule has 1 aliphatic rings. The van der Waals surface area contributed by atoms with E-state index in [1.165, 1.54) is 16.8 Å². The molecule has 1 unspecified atom stereocenters. The molecule has 4 N–H and O–H groups in total. The second kappa shape index (κ2) is 14.0. The molecule has 1 fully saturated rings. The van der Waals surface area contributed by atoms with Gasteiger partial charge in [-0.15, -0.1) is 0 Å². The van der Waals surface area contributed by atoms with Crippen LogP contribution in [0.1, 0.15) is 29.3 Å². The number of benzene rings is 3. The van der Waals surface area contributed by atoms with E-state index in [2.05, 4.69) is 4.98 Å². The average Bonchev–Trinajstić information content (AvgIpc) is 3.36. The molecule has 232 valence electrons. The summed E-state index contributed by atoms with van der Waals surface area (Å²) in [4.78, 5) is 26.7. The Morgan fingerprint density at radius 1 is 0.886 bits per heavy atom. The number of nitrogens with two attached hydrogens (primary N) is 1. The van der Waals surface area contributed by atoms with Crippen LogP contribution in [0.4, 0.5) is 0 Å². The monoisotopic (exact) mass is 603 g/mol. The number of rotatable bonds is 13. The summed E-state index contributed by atoms with van der Waals surface area (Å²) in [5, 5.41) is 11.5. The highest BCUT2D eigenvalue weighted by molar-refractivity contribution is 5.49. The third kappa shape index (κ3) is 6.33. The largest absolute Gasteiger partial charge is 0.497 e. The summed E-state index contributed by atoms with van der Waals surface area (Å²) in [5.41, 5.74) is 5.74. The molecule has 0 spiro atoms. The van der Waals surface area contributed by atoms with Gasteiger partial charge in [0.25, 0.3) is 5.56 Å². The highest BCUT2D eigenvalue weighted by Gasteiger charge is 2.48. The lowest BCUT2D eigenvalue weighted by Gasteiger charge is -2.37. The van der Waals surface area contributed by atoms with E-state index in [9.17, 15) is 14.7 Å². The van der Waals surface area contributed by atoms with Gasteiger partial charge in [-0.1, -0.05) is 54.6 Å². The molecular weight excluding hydrogens is 566 g/mol. The van der Waals surface area contributed by atoms with Gasteiger partial charge in [0.2, 0.25) is 0 Å². The van der Waals surface area contributed by atoms with Crippen LogP contribution >= 0.6 is 0 Å². The molecule has 44 heavy (non-hydrogen) atoms. The first kappa shape index (κ1) is 31.2. The Balaban J connectivity index is 1.55. The number of nitrogens with one attached hydrogen (secondary N) is 1. The maximum atomic E-state index is 12.7. The molecule has 1 aliphatic heterocycles. The summed E-state index contributed by atoms with van der Waals surface area (Å²) in [6.45, 7) is 0.553. The number of methoxy groups -OCH3 is 2. The molecule has 0 saturated carbocycles. The molecule has 11 heteroatoms. The number of nitrogens with zero attached hydrogens (tertiary/aromatic N) is 1. The Morgan fingerprint density at radius 2 is 1.48 bits per heavy atom. The molecule has 1 aromatic heterocycles. The standard InChI is InChI=1S/C33H37N3O8/c1-40-25-13-9-23(10-14-25)33(22-7-4-3-5-8-22,24-11-15-26(41-2)16-12-24)43-21-27-29(38)30(42-20-6-18-34)31(44-27)36-19-17-28(37)35-32(36)39/h3-5,7-17,19,27,29-31,38H,6,18,20-21,34H2,1-2H3,(H,35,37,39)/t27-,29?,30+,31-/m1/s1. The molecule has 0 radical (unpaired) electrons. The first-order valence-corrected chi connectivity index (χ1v) is 14.4. The number of hydrogen-bond acceptors (Lipinski definition) is 9. The maximum absolute atomic E-state index is 12.7. The number of ether oxygens (including phenoxy) is 5. The lowest BCUT2D eigenvalue weighted by molar-refractivity contribution is -0.0981. The first-order chi connectivity index (χ1) is 21.4. The minimum absolute atomic E-state index is 0.0839. The number of hydrogen-bond donors (Lipinski definition) is 3. The fraction of sp³-hybridized carbons (Fsp3) is 0.333. The van der Waals surface area contributed by atoms with Gasteiger partial charge in [0, 0.05) is 18.9 Å². The van der Waals surface area contributed by atoms with Crippen LogP contribution in [0.2, 0.25) is 0 Å². The molecule has 0 aliphatic carbocycles. The Bertz CT molecular complexity index is 1560. The quantitative estimate of drug-likeness (QED) is 0.155. The molecule has 2 heterocycles. The molecule has 4 aromatic rings. The Morgan fingerprint density at radius 3 is 2.02 bits per heavy atom. The summed E-state index contributed by atoms with van der Waals surface area (Å²) in [6.07, 6.45) is -2.15. The predicted molar refractivity (Wildman–Crippen MR) is 163 cm³/mol. The van der Waals surface area contributed by atoms with Crippen LogP contribution in [0, 0.1) is 0 Å². The van der Waals surface area contributed by atoms with Crippen LogP contribution in [-0.2, 0) is 19.8 Å². The number of aliphatic hydroxyl groups is 1. The van der Waals surface area contributed by atoms with Crippen molar-refractivity contribution in [3.63, 3.8) is 0 Å². The third-order valence-corrected chi connectivity index (χ3v) is 7.73. The van der Waals surface area contributed by atoms with E-state index in [0.29, 0.717) is 24.5 Å². The Labute approximate surface area is 254 Å². The number of aliphatic hydroxyl groups excluding tert-OH is 1. The maximum Gasteiger partial charge on any atom is 0.330 e. The van der Waals surface area contributed by atoms with E-state index in [1.807, 2.05) is 78.9 Å². The van der Waals surface area contributed by atoms with Crippen molar-refractivity contribution in [3.8, 4) is 11.5 Å². The minimum Gasteiger partial charge on any atom is -0.497 e. The molecule has 4 atom stereocenters. The van der Waals surface area contributed by atoms with Gasteiger partial charge in [0.05, 0.1) is 20.8 Å². The predicted octanol–water partition coefficient (Wildman–Crippen LogP) is 2.55. The second-order valence-corrected chi connectivity index (χ2v) is 10.4. The van der Waals surface area contributed by atoms with Gasteiger partial charge < -0.3 is 34.5 Å². The van der Waals surface area contributed by atoms with Crippen LogP contribution in [0.5, 0.6) is 11.5 Å². The molecule has 5 rings (SSSR count). The Hall–Kier alpha value is -4.26. The normalized spacial score (nSPS) is 20.0. The van der Waals surface area contributed by atoms with Crippen molar-refractivity contribution >= 4 is 0 Å². The Kier molecular flexibility index (Phi) is 9.93. The second-order valence-electron chi connectivity index (χ2n) is 10.4. The summed E-state index contributed by atoms with van der Waals surface area (Å²) in [6, 6.07) is 26.1. The average molecular weight is 604 g/mol. The van der Waals surface area contributed by atoms with E-state index in [0.717, 1.165) is 16.7 Å². The van der Waals surface area contributed by atoms with Crippen molar-refractivity contribution in [3.05, 3.63) is 129 Å². The van der Waals surface area contributed by atoms with Crippen molar-refractivity contribution in [2.45, 2.75) is 36.6 Å². The summed E-state index contributed by atoms with van der Waals surface area (Å²) >= 11 is 0. The van der Waals surface area contributed by atoms with Crippen LogP contribution in [-0.4, -0.2) is 66.9 Å². The number of aromatic nitrogens is 2. The number of H-pyrrole nitrogens is 1. The molecule has 0 bridgehead atoms. The van der Waals surface area contributed by atoms with Crippen molar-refractivity contribution < 1.29 is 28.8 Å². The zero-order valence-electron chi connectivity index (χ0n) is 24.6. The van der Waals surface area contributed by atoms with Crippen LogP contribution in [0.3, 0.4) is 0 Å². The first-order valence-electron chi connectivity index (χ1n) is 14.4. The van der Waals surface area contributed by atoms with Crippen LogP contribution < -0.4 is 26.5 Å². The third-order valence-electron chi connectivity index (χ3n) is 7.73. The van der Waals surface area contributed by atoms with Gasteiger partial charge in [0.15, 0.2) is 6.23 Å². The summed E-state index contributed by atoms with van der Waals surface area (Å²) in [5.74, 6) is 1.37. The van der Waals surface area contributed by atoms with Gasteiger partial charge in [-0.05, 0) is 53.9 Å². The van der Waals surface area contributed by atoms with Gasteiger partial charge >= 0.3 is 5.69 Å². The highest BCUT2D eigenvalue weighted by Crippen LogP contribution is 2.43. The van der Waals surface area contributed by atoms with Crippen molar-refractivity contribution in [2.75, 3.05) is 34.0 Å². The van der Waals surface area contributed by atoms with Gasteiger partial charge in [-0.2, -0.15) is 0 Å². The highest BCUT2D eigenvalue weighted by atomic mass is 16.6. The molecule has 11 nitrogen and oxygen atoms in total. The van der Waals surface area contributed by atoms with E-state index in [1.54, 1.807) is 14.2 Å². The van der Waals surface area contributed by atoms with Crippen LogP contribution in [0.15, 0.2) is 101 Å². The van der Waals surface area contributed by atoms with Crippen molar-refractivity contribution in [1.29, 1.82) is 0 Å². The smallest absolute Gasteiger partial charge is 0.330 e. The van der Waals surface area contributed by atoms with Gasteiger partial charge in [-0.3, -0.25) is 14.3 Å². The summed E-state index contributed by atoms with van der Waals surface area (Å²) in [7, 11) is 3.21. The molecule has 3 aromatic carbocycles. The zero-order valence-corrected chi connectivity index (χ0v) is 24.6. The molecule has 1 saturated heterocycles. The van der Waals surface area contributed by atoms with Gasteiger partial charge in [0.1, 0.15) is 35.4 Å². The topological polar surface area (TPSA) is 147 Å². The number of aromatic amines is 1. The van der Waals surface area contributed by atoms with Crippen LogP contribution in [0.25, 0.3) is 0 Å². The minimum atomic E-state index is -1.17. The zero-order chi connectivity index (χ0) is 31.1. The van der Waals surface area contributed by atoms with Crippen molar-refractivity contribution in [1.82, 2.24) is 9.55 Å².